The maximum absolute atomic E-state index is 12.3. The lowest BCUT2D eigenvalue weighted by atomic mass is 9.99. The van der Waals surface area contributed by atoms with Crippen LogP contribution in [0.2, 0.25) is 0 Å². The minimum absolute atomic E-state index is 0.370. The van der Waals surface area contributed by atoms with E-state index in [1.165, 1.54) is 0 Å². The molecule has 3 heterocycles. The van der Waals surface area contributed by atoms with E-state index in [4.69, 9.17) is 0 Å². The zero-order valence-electron chi connectivity index (χ0n) is 17.8. The summed E-state index contributed by atoms with van der Waals surface area (Å²) in [6.07, 6.45) is 3.95. The second-order valence-corrected chi connectivity index (χ2v) is 7.62. The monoisotopic (exact) mass is 432 g/mol. The Morgan fingerprint density at radius 2 is 2.03 bits per heavy atom. The summed E-state index contributed by atoms with van der Waals surface area (Å²) in [4.78, 5) is 30.4. The number of carboxylic acids is 1. The van der Waals surface area contributed by atoms with Crippen LogP contribution in [0.4, 0.5) is 0 Å². The molecule has 0 radical (unpaired) electrons. The molecule has 0 aliphatic heterocycles. The van der Waals surface area contributed by atoms with E-state index >= 15 is 0 Å². The lowest BCUT2D eigenvalue weighted by molar-refractivity contribution is 0.0691. The molecule has 0 unspecified atom stereocenters. The molecule has 0 saturated carbocycles. The molecule has 32 heavy (non-hydrogen) atoms. The number of nitrogens with one attached hydrogen (secondary N) is 2. The highest BCUT2D eigenvalue weighted by molar-refractivity contribution is 5.92. The molecule has 1 aromatic carbocycles. The topological polar surface area (TPSA) is 120 Å². The van der Waals surface area contributed by atoms with Gasteiger partial charge >= 0.3 is 5.97 Å². The number of rotatable bonds is 7. The highest BCUT2D eigenvalue weighted by atomic mass is 16.4. The second-order valence-electron chi connectivity index (χ2n) is 7.62. The van der Waals surface area contributed by atoms with Crippen LogP contribution in [0.1, 0.15) is 34.1 Å². The molecule has 0 fully saturated rings. The van der Waals surface area contributed by atoms with Crippen LogP contribution < -0.4 is 10.9 Å². The van der Waals surface area contributed by atoms with Crippen molar-refractivity contribution in [2.45, 2.75) is 26.4 Å². The van der Waals surface area contributed by atoms with Gasteiger partial charge < -0.3 is 25.1 Å². The fourth-order valence-electron chi connectivity index (χ4n) is 3.99. The molecule has 4 N–H and O–H groups in total. The Kier molecular flexibility index (Phi) is 5.79. The summed E-state index contributed by atoms with van der Waals surface area (Å²) in [5.74, 6) is -1.93. The van der Waals surface area contributed by atoms with Crippen LogP contribution in [0, 0.1) is 0 Å². The first-order chi connectivity index (χ1) is 15.4. The fourth-order valence-corrected chi connectivity index (χ4v) is 3.99. The van der Waals surface area contributed by atoms with Gasteiger partial charge in [-0.05, 0) is 41.8 Å². The third-order valence-corrected chi connectivity index (χ3v) is 5.65. The molecule has 0 spiro atoms. The third kappa shape index (κ3) is 3.88. The molecular weight excluding hydrogens is 408 g/mol. The van der Waals surface area contributed by atoms with Crippen molar-refractivity contribution in [1.82, 2.24) is 19.9 Å². The largest absolute Gasteiger partial charge is 0.506 e. The second kappa shape index (κ2) is 8.68. The third-order valence-electron chi connectivity index (χ3n) is 5.65. The van der Waals surface area contributed by atoms with Gasteiger partial charge in [-0.15, -0.1) is 0 Å². The van der Waals surface area contributed by atoms with Gasteiger partial charge in [-0.3, -0.25) is 9.78 Å². The number of aromatic carboxylic acids is 1. The summed E-state index contributed by atoms with van der Waals surface area (Å²) in [5.41, 5.74) is 3.31. The summed E-state index contributed by atoms with van der Waals surface area (Å²) < 4.78 is 2.10. The maximum atomic E-state index is 12.3. The van der Waals surface area contributed by atoms with Crippen LogP contribution in [-0.2, 0) is 26.6 Å². The number of hydrogen-bond acceptors (Lipinski definition) is 5. The van der Waals surface area contributed by atoms with Gasteiger partial charge in [-0.25, -0.2) is 4.79 Å². The summed E-state index contributed by atoms with van der Waals surface area (Å²) in [6, 6.07) is 11.7. The van der Waals surface area contributed by atoms with Crippen molar-refractivity contribution in [3.63, 3.8) is 0 Å². The van der Waals surface area contributed by atoms with Crippen molar-refractivity contribution in [3.8, 4) is 17.0 Å². The Balaban J connectivity index is 1.67. The number of aromatic hydroxyl groups is 1. The van der Waals surface area contributed by atoms with E-state index in [1.807, 2.05) is 43.6 Å². The van der Waals surface area contributed by atoms with E-state index in [2.05, 4.69) is 25.9 Å². The summed E-state index contributed by atoms with van der Waals surface area (Å²) in [7, 11) is 2.00. The zero-order valence-corrected chi connectivity index (χ0v) is 17.8. The van der Waals surface area contributed by atoms with Crippen molar-refractivity contribution >= 4 is 16.9 Å². The molecule has 0 bridgehead atoms. The molecule has 0 saturated heterocycles. The van der Waals surface area contributed by atoms with Crippen molar-refractivity contribution < 1.29 is 15.0 Å². The van der Waals surface area contributed by atoms with E-state index in [9.17, 15) is 19.8 Å². The number of aromatic nitrogens is 3. The Morgan fingerprint density at radius 1 is 1.22 bits per heavy atom. The van der Waals surface area contributed by atoms with Gasteiger partial charge in [-0.2, -0.15) is 0 Å². The van der Waals surface area contributed by atoms with Gasteiger partial charge in [0, 0.05) is 54.7 Å². The van der Waals surface area contributed by atoms with E-state index < -0.39 is 22.8 Å². The van der Waals surface area contributed by atoms with Crippen LogP contribution in [0.3, 0.4) is 0 Å². The SMILES string of the molecule is CCc1c(-c2ccc3c(c2)cc(CNCc2cccnc2)n3C)[nH]c(=O)c(C(=O)O)c1O. The standard InChI is InChI=1S/C24H24N4O4/c1-3-18-21(27-23(30)20(22(18)29)24(31)32)15-6-7-19-16(9-15)10-17(28(19)2)13-26-12-14-5-4-8-25-11-14/h4-11,26H,3,12-13H2,1-2H3,(H,31,32)(H2,27,29,30). The minimum atomic E-state index is -1.45. The number of carbonyl (C=O) groups is 1. The van der Waals surface area contributed by atoms with Crippen LogP contribution in [-0.4, -0.2) is 30.7 Å². The highest BCUT2D eigenvalue weighted by Crippen LogP contribution is 2.32. The molecule has 8 nitrogen and oxygen atoms in total. The molecule has 0 atom stereocenters. The van der Waals surface area contributed by atoms with Gasteiger partial charge in [0.05, 0.1) is 5.69 Å². The smallest absolute Gasteiger partial charge is 0.345 e. The molecule has 164 valence electrons. The van der Waals surface area contributed by atoms with Gasteiger partial charge in [0.15, 0.2) is 5.56 Å². The number of pyridine rings is 2. The average Bonchev–Trinajstić information content (AvgIpc) is 3.08. The number of aryl methyl sites for hydroxylation is 1. The lowest BCUT2D eigenvalue weighted by Gasteiger charge is -2.12. The van der Waals surface area contributed by atoms with E-state index in [1.54, 1.807) is 13.1 Å². The Morgan fingerprint density at radius 3 is 2.72 bits per heavy atom. The van der Waals surface area contributed by atoms with Crippen LogP contribution in [0.15, 0.2) is 53.6 Å². The predicted molar refractivity (Wildman–Crippen MR) is 122 cm³/mol. The quantitative estimate of drug-likeness (QED) is 0.356. The minimum Gasteiger partial charge on any atom is -0.506 e. The summed E-state index contributed by atoms with van der Waals surface area (Å²) in [5, 5.41) is 24.1. The van der Waals surface area contributed by atoms with Gasteiger partial charge in [0.1, 0.15) is 5.75 Å². The van der Waals surface area contributed by atoms with Crippen molar-refractivity contribution in [2.75, 3.05) is 0 Å². The molecule has 0 amide bonds. The molecule has 3 aromatic heterocycles. The van der Waals surface area contributed by atoms with Crippen LogP contribution >= 0.6 is 0 Å². The predicted octanol–water partition coefficient (Wildman–Crippen LogP) is 3.18. The molecule has 0 aliphatic carbocycles. The number of hydrogen-bond donors (Lipinski definition) is 4. The Hall–Kier alpha value is -3.91. The first-order valence-corrected chi connectivity index (χ1v) is 10.3. The number of fused-ring (bicyclic) bond motifs is 1. The van der Waals surface area contributed by atoms with Crippen molar-refractivity contribution in [1.29, 1.82) is 0 Å². The molecule has 4 rings (SSSR count). The Bertz CT molecular complexity index is 1360. The highest BCUT2D eigenvalue weighted by Gasteiger charge is 2.22. The van der Waals surface area contributed by atoms with E-state index in [0.29, 0.717) is 36.3 Å². The average molecular weight is 432 g/mol. The maximum Gasteiger partial charge on any atom is 0.345 e. The zero-order chi connectivity index (χ0) is 22.8. The Labute approximate surface area is 184 Å². The van der Waals surface area contributed by atoms with Gasteiger partial charge in [0.25, 0.3) is 5.56 Å². The van der Waals surface area contributed by atoms with E-state index in [0.717, 1.165) is 22.2 Å². The number of H-pyrrole nitrogens is 1. The number of nitrogens with zero attached hydrogens (tertiary/aromatic N) is 2. The van der Waals surface area contributed by atoms with Crippen molar-refractivity contribution in [2.24, 2.45) is 7.05 Å². The number of carboxylic acid groups (broad SMARTS) is 1. The van der Waals surface area contributed by atoms with Gasteiger partial charge in [-0.1, -0.05) is 19.1 Å². The van der Waals surface area contributed by atoms with Gasteiger partial charge in [0.2, 0.25) is 0 Å². The summed E-state index contributed by atoms with van der Waals surface area (Å²) in [6.45, 7) is 3.17. The van der Waals surface area contributed by atoms with Crippen LogP contribution in [0.25, 0.3) is 22.2 Å². The molecule has 0 aliphatic rings. The molecule has 4 aromatic rings. The van der Waals surface area contributed by atoms with Crippen LogP contribution in [0.5, 0.6) is 5.75 Å². The van der Waals surface area contributed by atoms with E-state index in [-0.39, 0.29) is 0 Å². The summed E-state index contributed by atoms with van der Waals surface area (Å²) >= 11 is 0. The first-order valence-electron chi connectivity index (χ1n) is 10.3. The molecule has 8 heteroatoms. The lowest BCUT2D eigenvalue weighted by Crippen LogP contribution is -2.20. The molecular formula is C24H24N4O4. The first kappa shape index (κ1) is 21.3. The van der Waals surface area contributed by atoms with Crippen molar-refractivity contribution in [3.05, 3.63) is 81.5 Å². The normalized spacial score (nSPS) is 11.2. The number of aromatic amines is 1. The number of benzene rings is 1. The fraction of sp³-hybridized carbons (Fsp3) is 0.208.